The molecule has 0 spiro atoms. The number of anilines is 1. The third-order valence-electron chi connectivity index (χ3n) is 5.22. The van der Waals surface area contributed by atoms with Crippen LogP contribution < -0.4 is 10.2 Å². The number of aliphatic hydroxyl groups excluding tert-OH is 2. The molecular formula is C18H26BrN3O4. The number of piperidine rings is 1. The van der Waals surface area contributed by atoms with Crippen molar-refractivity contribution in [1.29, 1.82) is 0 Å². The highest BCUT2D eigenvalue weighted by Gasteiger charge is 2.37. The number of halogens is 1. The Labute approximate surface area is 161 Å². The zero-order valence-corrected chi connectivity index (χ0v) is 16.5. The Balaban J connectivity index is 1.73. The minimum absolute atomic E-state index is 0.292. The Morgan fingerprint density at radius 2 is 1.92 bits per heavy atom. The Kier molecular flexibility index (Phi) is 6.50. The van der Waals surface area contributed by atoms with Crippen molar-refractivity contribution < 1.29 is 19.7 Å². The van der Waals surface area contributed by atoms with E-state index in [-0.39, 0.29) is 6.04 Å². The molecule has 1 aromatic rings. The van der Waals surface area contributed by atoms with Crippen molar-refractivity contribution in [1.82, 2.24) is 10.3 Å². The molecule has 3 N–H and O–H groups in total. The van der Waals surface area contributed by atoms with Crippen LogP contribution >= 0.6 is 15.9 Å². The van der Waals surface area contributed by atoms with Crippen LogP contribution in [0.4, 0.5) is 5.82 Å². The smallest absolute Gasteiger partial charge is 0.341 e. The molecule has 2 heterocycles. The van der Waals surface area contributed by atoms with Crippen LogP contribution in [0.5, 0.6) is 0 Å². The predicted octanol–water partition coefficient (Wildman–Crippen LogP) is 1.46. The van der Waals surface area contributed by atoms with Crippen LogP contribution in [0.15, 0.2) is 16.7 Å². The summed E-state index contributed by atoms with van der Waals surface area (Å²) in [5.41, 5.74) is 0.306. The number of pyridine rings is 1. The summed E-state index contributed by atoms with van der Waals surface area (Å²) in [6, 6.07) is 1.62. The number of β-amino-alcohol motifs (C(OH)–C–C–N with tert-alkyl or cyclic N) is 2. The van der Waals surface area contributed by atoms with Gasteiger partial charge in [0.1, 0.15) is 11.4 Å². The average Bonchev–Trinajstić information content (AvgIpc) is 2.64. The lowest BCUT2D eigenvalue weighted by Crippen LogP contribution is -2.63. The maximum absolute atomic E-state index is 12.1. The number of rotatable bonds is 4. The molecule has 0 bridgehead atoms. The summed E-state index contributed by atoms with van der Waals surface area (Å²) in [7, 11) is 1.32. The number of hydrogen-bond donors (Lipinski definition) is 3. The lowest BCUT2D eigenvalue weighted by atomic mass is 9.91. The van der Waals surface area contributed by atoms with Gasteiger partial charge in [0, 0.05) is 29.8 Å². The summed E-state index contributed by atoms with van der Waals surface area (Å²) in [6.07, 6.45) is 5.89. The van der Waals surface area contributed by atoms with Crippen LogP contribution in [0.1, 0.15) is 42.5 Å². The summed E-state index contributed by atoms with van der Waals surface area (Å²) in [5.74, 6) is -0.0884. The first kappa shape index (κ1) is 19.5. The van der Waals surface area contributed by atoms with Gasteiger partial charge in [-0.3, -0.25) is 0 Å². The molecule has 144 valence electrons. The number of nitrogens with zero attached hydrogens (tertiary/aromatic N) is 2. The van der Waals surface area contributed by atoms with Crippen LogP contribution in [-0.4, -0.2) is 65.7 Å². The molecule has 2 atom stereocenters. The van der Waals surface area contributed by atoms with Crippen LogP contribution in [0.3, 0.4) is 0 Å². The van der Waals surface area contributed by atoms with E-state index in [1.807, 2.05) is 0 Å². The van der Waals surface area contributed by atoms with Gasteiger partial charge in [-0.15, -0.1) is 0 Å². The molecule has 1 saturated carbocycles. The van der Waals surface area contributed by atoms with E-state index in [0.717, 1.165) is 12.8 Å². The third kappa shape index (κ3) is 4.36. The van der Waals surface area contributed by atoms with Gasteiger partial charge in [-0.05, 0) is 34.8 Å². The van der Waals surface area contributed by atoms with Crippen LogP contribution in [0, 0.1) is 0 Å². The van der Waals surface area contributed by atoms with E-state index in [1.54, 1.807) is 17.2 Å². The summed E-state index contributed by atoms with van der Waals surface area (Å²) in [5, 5.41) is 24.7. The number of methoxy groups -OCH3 is 1. The van der Waals surface area contributed by atoms with Crippen molar-refractivity contribution in [3.8, 4) is 0 Å². The maximum Gasteiger partial charge on any atom is 0.341 e. The Morgan fingerprint density at radius 3 is 2.54 bits per heavy atom. The molecule has 7 nitrogen and oxygen atoms in total. The number of ether oxygens (including phenoxy) is 1. The Morgan fingerprint density at radius 1 is 1.27 bits per heavy atom. The molecule has 0 radical (unpaired) electrons. The molecule has 1 aliphatic carbocycles. The molecular weight excluding hydrogens is 402 g/mol. The zero-order valence-electron chi connectivity index (χ0n) is 14.9. The van der Waals surface area contributed by atoms with Crippen LogP contribution in [0.25, 0.3) is 0 Å². The highest BCUT2D eigenvalue weighted by Crippen LogP contribution is 2.27. The monoisotopic (exact) mass is 427 g/mol. The van der Waals surface area contributed by atoms with E-state index < -0.39 is 18.2 Å². The third-order valence-corrected chi connectivity index (χ3v) is 5.65. The van der Waals surface area contributed by atoms with Crippen molar-refractivity contribution >= 4 is 27.7 Å². The first-order valence-electron chi connectivity index (χ1n) is 9.10. The van der Waals surface area contributed by atoms with Gasteiger partial charge < -0.3 is 25.2 Å². The summed E-state index contributed by atoms with van der Waals surface area (Å²) in [6.45, 7) is 0.583. The number of carbonyl (C=O) groups excluding carboxylic acids is 1. The highest BCUT2D eigenvalue weighted by atomic mass is 79.9. The Hall–Kier alpha value is -1.22. The largest absolute Gasteiger partial charge is 0.465 e. The molecule has 1 aromatic heterocycles. The normalized spacial score (nSPS) is 27.4. The summed E-state index contributed by atoms with van der Waals surface area (Å²) >= 11 is 3.31. The topological polar surface area (TPSA) is 94.9 Å². The molecule has 26 heavy (non-hydrogen) atoms. The number of nitrogens with one attached hydrogen (secondary N) is 1. The average molecular weight is 428 g/mol. The van der Waals surface area contributed by atoms with E-state index in [2.05, 4.69) is 26.2 Å². The van der Waals surface area contributed by atoms with Crippen molar-refractivity contribution in [3.05, 3.63) is 22.3 Å². The summed E-state index contributed by atoms with van der Waals surface area (Å²) in [4.78, 5) is 18.1. The number of aliphatic hydroxyl groups is 2. The first-order valence-corrected chi connectivity index (χ1v) is 9.90. The molecule has 8 heteroatoms. The second kappa shape index (κ2) is 8.65. The standard InChI is InChI=1S/C18H26BrN3O4/c1-26-18(25)13-7-11(19)8-20-17(13)22-9-14(23)16(15(24)10-22)21-12-5-3-2-4-6-12/h7-8,12,14-16,21,23-24H,2-6,9-10H2,1H3. The van der Waals surface area contributed by atoms with Gasteiger partial charge in [-0.25, -0.2) is 9.78 Å². The van der Waals surface area contributed by atoms with Crippen LogP contribution in [0.2, 0.25) is 0 Å². The van der Waals surface area contributed by atoms with Gasteiger partial charge in [-0.1, -0.05) is 19.3 Å². The SMILES string of the molecule is COC(=O)c1cc(Br)cnc1N1CC(O)C(NC2CCCCC2)C(O)C1. The van der Waals surface area contributed by atoms with E-state index in [9.17, 15) is 15.0 Å². The fourth-order valence-electron chi connectivity index (χ4n) is 3.89. The van der Waals surface area contributed by atoms with Gasteiger partial charge in [-0.2, -0.15) is 0 Å². The summed E-state index contributed by atoms with van der Waals surface area (Å²) < 4.78 is 5.50. The zero-order chi connectivity index (χ0) is 18.7. The lowest BCUT2D eigenvalue weighted by molar-refractivity contribution is 0.0162. The fourth-order valence-corrected chi connectivity index (χ4v) is 4.22. The minimum Gasteiger partial charge on any atom is -0.465 e. The van der Waals surface area contributed by atoms with E-state index in [0.29, 0.717) is 35.0 Å². The number of hydrogen-bond acceptors (Lipinski definition) is 7. The second-order valence-corrected chi connectivity index (χ2v) is 8.00. The molecule has 1 aliphatic heterocycles. The maximum atomic E-state index is 12.1. The molecule has 1 saturated heterocycles. The van der Waals surface area contributed by atoms with Gasteiger partial charge in [0.25, 0.3) is 0 Å². The van der Waals surface area contributed by atoms with Gasteiger partial charge in [0.15, 0.2) is 0 Å². The van der Waals surface area contributed by atoms with Crippen molar-refractivity contribution in [2.24, 2.45) is 0 Å². The molecule has 2 unspecified atom stereocenters. The van der Waals surface area contributed by atoms with E-state index in [1.165, 1.54) is 26.4 Å². The van der Waals surface area contributed by atoms with Gasteiger partial charge >= 0.3 is 5.97 Å². The fraction of sp³-hybridized carbons (Fsp3) is 0.667. The van der Waals surface area contributed by atoms with Gasteiger partial charge in [0.05, 0.1) is 25.4 Å². The van der Waals surface area contributed by atoms with Crippen molar-refractivity contribution in [2.75, 3.05) is 25.1 Å². The highest BCUT2D eigenvalue weighted by molar-refractivity contribution is 9.10. The van der Waals surface area contributed by atoms with E-state index in [4.69, 9.17) is 4.74 Å². The van der Waals surface area contributed by atoms with Crippen LogP contribution in [-0.2, 0) is 4.74 Å². The van der Waals surface area contributed by atoms with E-state index >= 15 is 0 Å². The molecule has 2 fully saturated rings. The lowest BCUT2D eigenvalue weighted by Gasteiger charge is -2.42. The molecule has 3 rings (SSSR count). The number of esters is 1. The van der Waals surface area contributed by atoms with Crippen molar-refractivity contribution in [2.45, 2.75) is 56.4 Å². The number of carbonyl (C=O) groups is 1. The quantitative estimate of drug-likeness (QED) is 0.626. The molecule has 0 amide bonds. The molecule has 2 aliphatic rings. The number of aromatic nitrogens is 1. The predicted molar refractivity (Wildman–Crippen MR) is 101 cm³/mol. The second-order valence-electron chi connectivity index (χ2n) is 7.08. The first-order chi connectivity index (χ1) is 12.5. The molecule has 0 aromatic carbocycles. The van der Waals surface area contributed by atoms with Crippen molar-refractivity contribution in [3.63, 3.8) is 0 Å². The van der Waals surface area contributed by atoms with Gasteiger partial charge in [0.2, 0.25) is 0 Å². The minimum atomic E-state index is -0.753. The Bertz CT molecular complexity index is 627.